The fourth-order valence-electron chi connectivity index (χ4n) is 3.20. The van der Waals surface area contributed by atoms with Crippen LogP contribution >= 0.6 is 23.1 Å². The van der Waals surface area contributed by atoms with Gasteiger partial charge in [-0.15, -0.1) is 23.1 Å². The lowest BCUT2D eigenvalue weighted by atomic mass is 10.1. The number of esters is 1. The van der Waals surface area contributed by atoms with Crippen LogP contribution < -0.4 is 0 Å². The van der Waals surface area contributed by atoms with Gasteiger partial charge in [0, 0.05) is 48.6 Å². The molecular formula is C21H26N2O5S3. The molecule has 1 fully saturated rings. The maximum atomic E-state index is 12.8. The smallest absolute Gasteiger partial charge is 0.338 e. The largest absolute Gasteiger partial charge is 0.465 e. The number of amides is 1. The Morgan fingerprint density at radius 2 is 1.81 bits per heavy atom. The van der Waals surface area contributed by atoms with Crippen molar-refractivity contribution in [1.29, 1.82) is 0 Å². The highest BCUT2D eigenvalue weighted by Gasteiger charge is 2.31. The molecular weight excluding hydrogens is 456 g/mol. The molecule has 0 N–H and O–H groups in total. The van der Waals surface area contributed by atoms with E-state index in [2.05, 4.69) is 36.8 Å². The van der Waals surface area contributed by atoms with Gasteiger partial charge in [-0.05, 0) is 43.2 Å². The fraction of sp³-hybridized carbons (Fsp3) is 0.429. The van der Waals surface area contributed by atoms with E-state index < -0.39 is 16.0 Å². The van der Waals surface area contributed by atoms with Crippen LogP contribution in [-0.4, -0.2) is 68.5 Å². The second-order valence-electron chi connectivity index (χ2n) is 7.28. The molecule has 10 heteroatoms. The first-order chi connectivity index (χ1) is 14.7. The van der Waals surface area contributed by atoms with Crippen molar-refractivity contribution in [2.24, 2.45) is 0 Å². The maximum Gasteiger partial charge on any atom is 0.338 e. The van der Waals surface area contributed by atoms with Gasteiger partial charge in [0.1, 0.15) is 4.21 Å². The third-order valence-electron chi connectivity index (χ3n) is 5.25. The molecule has 0 spiro atoms. The summed E-state index contributed by atoms with van der Waals surface area (Å²) in [7, 11) is -2.44. The molecule has 1 aliphatic rings. The molecule has 2 heterocycles. The Bertz CT molecular complexity index is 1060. The van der Waals surface area contributed by atoms with Crippen molar-refractivity contribution < 1.29 is 22.7 Å². The number of thioether (sulfide) groups is 1. The van der Waals surface area contributed by atoms with Gasteiger partial charge in [-0.25, -0.2) is 13.2 Å². The maximum absolute atomic E-state index is 12.8. The Balaban J connectivity index is 1.50. The summed E-state index contributed by atoms with van der Waals surface area (Å²) in [4.78, 5) is 27.0. The Morgan fingerprint density at radius 1 is 1.10 bits per heavy atom. The molecule has 3 rings (SSSR count). The molecule has 1 amide bonds. The third-order valence-corrected chi connectivity index (χ3v) is 9.55. The summed E-state index contributed by atoms with van der Waals surface area (Å²) in [5.74, 6) is 0.162. The van der Waals surface area contributed by atoms with E-state index in [1.54, 1.807) is 16.7 Å². The summed E-state index contributed by atoms with van der Waals surface area (Å²) in [5.41, 5.74) is 2.71. The number of ether oxygens (including phenoxy) is 1. The van der Waals surface area contributed by atoms with E-state index in [9.17, 15) is 18.0 Å². The van der Waals surface area contributed by atoms with Gasteiger partial charge in [-0.3, -0.25) is 4.79 Å². The average Bonchev–Trinajstić information content (AvgIpc) is 3.27. The highest BCUT2D eigenvalue weighted by Crippen LogP contribution is 2.26. The first-order valence-electron chi connectivity index (χ1n) is 9.87. The number of nitrogens with zero attached hydrogens (tertiary/aromatic N) is 2. The monoisotopic (exact) mass is 482 g/mol. The molecule has 7 nitrogen and oxygen atoms in total. The molecule has 0 aliphatic carbocycles. The molecule has 1 aromatic heterocycles. The number of thiophene rings is 1. The van der Waals surface area contributed by atoms with Gasteiger partial charge in [-0.2, -0.15) is 4.31 Å². The lowest BCUT2D eigenvalue weighted by molar-refractivity contribution is -0.131. The molecule has 0 bridgehead atoms. The Hall–Kier alpha value is -1.88. The normalized spacial score (nSPS) is 15.1. The van der Waals surface area contributed by atoms with Gasteiger partial charge in [-0.1, -0.05) is 6.07 Å². The van der Waals surface area contributed by atoms with Crippen molar-refractivity contribution in [3.05, 3.63) is 46.3 Å². The number of sulfonamides is 1. The van der Waals surface area contributed by atoms with Gasteiger partial charge < -0.3 is 9.64 Å². The van der Waals surface area contributed by atoms with Crippen LogP contribution in [-0.2, 0) is 19.6 Å². The minimum Gasteiger partial charge on any atom is -0.465 e. The van der Waals surface area contributed by atoms with Crippen LogP contribution in [0.15, 0.2) is 38.8 Å². The SMILES string of the molecule is COC(=O)c1csc(S(=O)(=O)N2CCN(C(=O)CCSc3ccc(C)c(C)c3)CC2)c1. The number of carbonyl (C=O) groups excluding carboxylic acids is 2. The zero-order chi connectivity index (χ0) is 22.6. The second-order valence-corrected chi connectivity index (χ2v) is 11.5. The van der Waals surface area contributed by atoms with Crippen LogP contribution in [0.25, 0.3) is 0 Å². The fourth-order valence-corrected chi connectivity index (χ4v) is 6.86. The Kier molecular flexibility index (Phi) is 7.79. The summed E-state index contributed by atoms with van der Waals surface area (Å²) in [6.45, 7) is 5.35. The molecule has 31 heavy (non-hydrogen) atoms. The summed E-state index contributed by atoms with van der Waals surface area (Å²) in [6, 6.07) is 7.62. The molecule has 0 saturated carbocycles. The van der Waals surface area contributed by atoms with E-state index in [1.165, 1.54) is 34.0 Å². The van der Waals surface area contributed by atoms with Crippen LogP contribution in [0.2, 0.25) is 0 Å². The van der Waals surface area contributed by atoms with Gasteiger partial charge in [0.25, 0.3) is 10.0 Å². The molecule has 0 atom stereocenters. The van der Waals surface area contributed by atoms with E-state index in [-0.39, 0.29) is 28.8 Å². The van der Waals surface area contributed by atoms with Crippen LogP contribution in [0.4, 0.5) is 0 Å². The molecule has 2 aromatic rings. The quantitative estimate of drug-likeness (QED) is 0.445. The number of hydrogen-bond acceptors (Lipinski definition) is 7. The number of hydrogen-bond donors (Lipinski definition) is 0. The summed E-state index contributed by atoms with van der Waals surface area (Å²) < 4.78 is 31.8. The average molecular weight is 483 g/mol. The zero-order valence-corrected chi connectivity index (χ0v) is 20.2. The van der Waals surface area contributed by atoms with E-state index in [1.807, 2.05) is 0 Å². The Morgan fingerprint density at radius 3 is 2.45 bits per heavy atom. The van der Waals surface area contributed by atoms with Crippen molar-refractivity contribution >= 4 is 45.0 Å². The van der Waals surface area contributed by atoms with Crippen molar-refractivity contribution in [1.82, 2.24) is 9.21 Å². The number of methoxy groups -OCH3 is 1. The zero-order valence-electron chi connectivity index (χ0n) is 17.8. The topological polar surface area (TPSA) is 84.0 Å². The van der Waals surface area contributed by atoms with Gasteiger partial charge >= 0.3 is 5.97 Å². The number of rotatable bonds is 7. The standard InChI is InChI=1S/C21H26N2O5S3/c1-15-4-5-18(12-16(15)2)29-11-6-19(24)22-7-9-23(10-8-22)31(26,27)20-13-17(14-30-20)21(25)28-3/h4-5,12-14H,6-11H2,1-3H3. The molecule has 0 radical (unpaired) electrons. The number of benzene rings is 1. The van der Waals surface area contributed by atoms with Gasteiger partial charge in [0.15, 0.2) is 0 Å². The lowest BCUT2D eigenvalue weighted by Gasteiger charge is -2.33. The summed E-state index contributed by atoms with van der Waals surface area (Å²) in [6.07, 6.45) is 0.414. The Labute approximate surface area is 191 Å². The highest BCUT2D eigenvalue weighted by molar-refractivity contribution is 7.99. The predicted octanol–water partition coefficient (Wildman–Crippen LogP) is 3.17. The highest BCUT2D eigenvalue weighted by atomic mass is 32.2. The second kappa shape index (κ2) is 10.2. The van der Waals surface area contributed by atoms with E-state index in [0.717, 1.165) is 16.2 Å². The van der Waals surface area contributed by atoms with E-state index in [0.29, 0.717) is 25.3 Å². The number of piperazine rings is 1. The van der Waals surface area contributed by atoms with Crippen molar-refractivity contribution in [2.45, 2.75) is 29.4 Å². The summed E-state index contributed by atoms with van der Waals surface area (Å²) >= 11 is 2.65. The minimum atomic E-state index is -3.69. The van der Waals surface area contributed by atoms with Gasteiger partial charge in [0.05, 0.1) is 12.7 Å². The first-order valence-corrected chi connectivity index (χ1v) is 13.2. The summed E-state index contributed by atoms with van der Waals surface area (Å²) in [5, 5.41) is 1.48. The van der Waals surface area contributed by atoms with Crippen LogP contribution in [0.3, 0.4) is 0 Å². The van der Waals surface area contributed by atoms with Crippen LogP contribution in [0, 0.1) is 13.8 Å². The minimum absolute atomic E-state index is 0.0393. The molecule has 1 aromatic carbocycles. The van der Waals surface area contributed by atoms with Crippen LogP contribution in [0.1, 0.15) is 27.9 Å². The predicted molar refractivity (Wildman–Crippen MR) is 122 cm³/mol. The van der Waals surface area contributed by atoms with E-state index >= 15 is 0 Å². The van der Waals surface area contributed by atoms with Crippen molar-refractivity contribution in [3.63, 3.8) is 0 Å². The molecule has 168 valence electrons. The van der Waals surface area contributed by atoms with Crippen LogP contribution in [0.5, 0.6) is 0 Å². The van der Waals surface area contributed by atoms with E-state index in [4.69, 9.17) is 0 Å². The molecule has 1 aliphatic heterocycles. The van der Waals surface area contributed by atoms with Gasteiger partial charge in [0.2, 0.25) is 5.91 Å². The first kappa shape index (κ1) is 23.8. The lowest BCUT2D eigenvalue weighted by Crippen LogP contribution is -2.50. The number of carbonyl (C=O) groups is 2. The third kappa shape index (κ3) is 5.68. The number of aryl methyl sites for hydroxylation is 2. The van der Waals surface area contributed by atoms with Crippen molar-refractivity contribution in [2.75, 3.05) is 39.0 Å². The van der Waals surface area contributed by atoms with Crippen molar-refractivity contribution in [3.8, 4) is 0 Å². The molecule has 0 unspecified atom stereocenters. The molecule has 1 saturated heterocycles.